The molecule has 0 aliphatic carbocycles. The molecule has 0 spiro atoms. The normalized spacial score (nSPS) is 27.4. The maximum absolute atomic E-state index is 6.42. The lowest BCUT2D eigenvalue weighted by molar-refractivity contribution is -1.05. The Balaban J connectivity index is 1.62. The summed E-state index contributed by atoms with van der Waals surface area (Å²) in [6.45, 7) is 0. The van der Waals surface area contributed by atoms with Crippen molar-refractivity contribution in [2.45, 2.75) is 18.7 Å². The minimum Gasteiger partial charge on any atom is -0.437 e. The van der Waals surface area contributed by atoms with Gasteiger partial charge in [-0.05, 0) is 36.4 Å². The predicted molar refractivity (Wildman–Crippen MR) is 90.4 cm³/mol. The molecular formula is C21H16NO3+. The minimum absolute atomic E-state index is 0.150. The van der Waals surface area contributed by atoms with Crippen molar-refractivity contribution in [3.63, 3.8) is 0 Å². The number of para-hydroxylation sites is 3. The van der Waals surface area contributed by atoms with Crippen LogP contribution >= 0.6 is 0 Å². The van der Waals surface area contributed by atoms with Gasteiger partial charge in [0.15, 0.2) is 0 Å². The fraction of sp³-hybridized carbons (Fsp3) is 0.143. The Bertz CT molecular complexity index is 859. The summed E-state index contributed by atoms with van der Waals surface area (Å²) in [7, 11) is 0. The van der Waals surface area contributed by atoms with Gasteiger partial charge in [0.25, 0.3) is 18.7 Å². The van der Waals surface area contributed by atoms with E-state index in [0.29, 0.717) is 0 Å². The molecule has 0 amide bonds. The highest BCUT2D eigenvalue weighted by Gasteiger charge is 2.54. The molecule has 3 aromatic carbocycles. The average Bonchev–Trinajstić information content (AvgIpc) is 2.68. The number of hydrogen-bond acceptors (Lipinski definition) is 3. The molecule has 0 aromatic heterocycles. The third-order valence-electron chi connectivity index (χ3n) is 5.25. The van der Waals surface area contributed by atoms with E-state index in [1.54, 1.807) is 0 Å². The summed E-state index contributed by atoms with van der Waals surface area (Å²) in [5.74, 6) is 2.66. The summed E-state index contributed by atoms with van der Waals surface area (Å²) in [4.78, 5) is 1.14. The van der Waals surface area contributed by atoms with Crippen molar-refractivity contribution in [3.05, 3.63) is 89.5 Å². The van der Waals surface area contributed by atoms with Gasteiger partial charge in [-0.1, -0.05) is 36.4 Å². The monoisotopic (exact) mass is 330 g/mol. The van der Waals surface area contributed by atoms with Gasteiger partial charge in [0.05, 0.1) is 16.7 Å². The van der Waals surface area contributed by atoms with Crippen LogP contribution in [-0.2, 0) is 0 Å². The second-order valence-electron chi connectivity index (χ2n) is 6.61. The summed E-state index contributed by atoms with van der Waals surface area (Å²) < 4.78 is 19.3. The smallest absolute Gasteiger partial charge is 0.268 e. The van der Waals surface area contributed by atoms with Gasteiger partial charge in [0.2, 0.25) is 0 Å². The van der Waals surface area contributed by atoms with Crippen molar-refractivity contribution in [2.24, 2.45) is 0 Å². The van der Waals surface area contributed by atoms with Crippen LogP contribution in [0.3, 0.4) is 0 Å². The molecule has 4 heteroatoms. The largest absolute Gasteiger partial charge is 0.437 e. The summed E-state index contributed by atoms with van der Waals surface area (Å²) in [6.07, 6.45) is -0.449. The zero-order valence-corrected chi connectivity index (χ0v) is 13.4. The van der Waals surface area contributed by atoms with Crippen molar-refractivity contribution < 1.29 is 19.1 Å². The fourth-order valence-electron chi connectivity index (χ4n) is 4.14. The highest BCUT2D eigenvalue weighted by atomic mass is 16.6. The van der Waals surface area contributed by atoms with Gasteiger partial charge >= 0.3 is 0 Å². The van der Waals surface area contributed by atoms with Crippen LogP contribution in [0.1, 0.15) is 35.4 Å². The van der Waals surface area contributed by atoms with Gasteiger partial charge in [0, 0.05) is 0 Å². The number of ether oxygens (including phenoxy) is 3. The van der Waals surface area contributed by atoms with Crippen LogP contribution in [-0.4, -0.2) is 0 Å². The summed E-state index contributed by atoms with van der Waals surface area (Å²) >= 11 is 0. The molecule has 3 aliphatic heterocycles. The number of nitrogens with one attached hydrogen (secondary N) is 1. The lowest BCUT2D eigenvalue weighted by Gasteiger charge is -2.48. The zero-order valence-electron chi connectivity index (χ0n) is 13.4. The zero-order chi connectivity index (χ0) is 16.4. The first kappa shape index (κ1) is 13.3. The van der Waals surface area contributed by atoms with Crippen LogP contribution in [0.25, 0.3) is 0 Å². The summed E-state index contributed by atoms with van der Waals surface area (Å²) in [6, 6.07) is 24.4. The number of benzene rings is 3. The molecule has 0 radical (unpaired) electrons. The molecule has 4 atom stereocenters. The van der Waals surface area contributed by atoms with Crippen molar-refractivity contribution >= 4 is 0 Å². The van der Waals surface area contributed by atoms with E-state index >= 15 is 0 Å². The maximum atomic E-state index is 6.42. The Morgan fingerprint density at radius 2 is 0.800 bits per heavy atom. The van der Waals surface area contributed by atoms with Crippen molar-refractivity contribution in [2.75, 3.05) is 0 Å². The highest BCUT2D eigenvalue weighted by Crippen LogP contribution is 2.44. The van der Waals surface area contributed by atoms with Crippen molar-refractivity contribution in [1.29, 1.82) is 0 Å². The Kier molecular flexibility index (Phi) is 2.54. The average molecular weight is 330 g/mol. The van der Waals surface area contributed by atoms with Gasteiger partial charge < -0.3 is 14.2 Å². The van der Waals surface area contributed by atoms with Crippen LogP contribution in [0, 0.1) is 0 Å². The molecule has 1 N–H and O–H groups in total. The quantitative estimate of drug-likeness (QED) is 0.687. The molecule has 1 unspecified atom stereocenters. The van der Waals surface area contributed by atoms with Gasteiger partial charge in [-0.2, -0.15) is 0 Å². The third-order valence-corrected chi connectivity index (χ3v) is 5.25. The van der Waals surface area contributed by atoms with E-state index in [-0.39, 0.29) is 18.7 Å². The Labute approximate surface area is 145 Å². The fourth-order valence-corrected chi connectivity index (χ4v) is 4.14. The molecule has 3 aliphatic rings. The molecule has 122 valence electrons. The third kappa shape index (κ3) is 1.74. The van der Waals surface area contributed by atoms with Crippen molar-refractivity contribution in [1.82, 2.24) is 0 Å². The molecule has 0 saturated carbocycles. The Hall–Kier alpha value is -2.98. The van der Waals surface area contributed by atoms with Gasteiger partial charge in [-0.25, -0.2) is 4.90 Å². The van der Waals surface area contributed by atoms with Gasteiger partial charge in [0.1, 0.15) is 17.2 Å². The molecule has 6 rings (SSSR count). The topological polar surface area (TPSA) is 32.1 Å². The van der Waals surface area contributed by atoms with E-state index in [1.165, 1.54) is 0 Å². The Morgan fingerprint density at radius 1 is 0.480 bits per heavy atom. The van der Waals surface area contributed by atoms with Crippen LogP contribution < -0.4 is 19.1 Å². The van der Waals surface area contributed by atoms with E-state index < -0.39 is 0 Å². The minimum atomic E-state index is -0.150. The molecule has 3 heterocycles. The SMILES string of the molecule is c1ccc2c(c1)O[C@H]1c3ccccc3O[C@@H]3c4ccccc4O[C@H]2[NH+]31. The lowest BCUT2D eigenvalue weighted by Crippen LogP contribution is -3.17. The molecular weight excluding hydrogens is 314 g/mol. The lowest BCUT2D eigenvalue weighted by atomic mass is 9.99. The number of fused-ring (bicyclic) bond motifs is 6. The van der Waals surface area contributed by atoms with E-state index in [4.69, 9.17) is 14.2 Å². The second-order valence-corrected chi connectivity index (χ2v) is 6.61. The van der Waals surface area contributed by atoms with Gasteiger partial charge in [-0.3, -0.25) is 0 Å². The molecule has 0 bridgehead atoms. The van der Waals surface area contributed by atoms with Crippen LogP contribution in [0.2, 0.25) is 0 Å². The van der Waals surface area contributed by atoms with Crippen LogP contribution in [0.5, 0.6) is 17.2 Å². The number of hydrogen-bond donors (Lipinski definition) is 1. The first-order valence-corrected chi connectivity index (χ1v) is 8.53. The number of rotatable bonds is 0. The number of quaternary nitrogens is 1. The molecule has 0 fully saturated rings. The highest BCUT2D eigenvalue weighted by molar-refractivity contribution is 5.44. The molecule has 0 saturated heterocycles. The standard InChI is InChI=1S/C21H15NO3/c1-4-10-16-13(7-1)19-22-20(23-16)15-9-3-6-12-18(15)25-21(22)14-8-2-5-11-17(14)24-19/h1-12,19-21H/p+1/t19-,20-,21+/m1/s1. The second kappa shape index (κ2) is 4.77. The van der Waals surface area contributed by atoms with Crippen LogP contribution in [0.4, 0.5) is 0 Å². The summed E-state index contributed by atoms with van der Waals surface area (Å²) in [5, 5.41) is 0. The maximum Gasteiger partial charge on any atom is 0.268 e. The first-order valence-electron chi connectivity index (χ1n) is 8.53. The van der Waals surface area contributed by atoms with Crippen molar-refractivity contribution in [3.8, 4) is 17.2 Å². The summed E-state index contributed by atoms with van der Waals surface area (Å²) in [5.41, 5.74) is 3.20. The van der Waals surface area contributed by atoms with E-state index in [1.807, 2.05) is 54.6 Å². The van der Waals surface area contributed by atoms with E-state index in [0.717, 1.165) is 38.8 Å². The predicted octanol–water partition coefficient (Wildman–Crippen LogP) is 3.14. The van der Waals surface area contributed by atoms with E-state index in [2.05, 4.69) is 18.2 Å². The Morgan fingerprint density at radius 3 is 1.16 bits per heavy atom. The van der Waals surface area contributed by atoms with E-state index in [9.17, 15) is 0 Å². The molecule has 4 nitrogen and oxygen atoms in total. The molecule has 25 heavy (non-hydrogen) atoms. The van der Waals surface area contributed by atoms with Gasteiger partial charge in [-0.15, -0.1) is 0 Å². The first-order chi connectivity index (χ1) is 12.4. The van der Waals surface area contributed by atoms with Crippen LogP contribution in [0.15, 0.2) is 72.8 Å². The molecule has 3 aromatic rings.